The average Bonchev–Trinajstić information content (AvgIpc) is 3.11. The van der Waals surface area contributed by atoms with Crippen molar-refractivity contribution in [3.8, 4) is 5.75 Å². The Hall–Kier alpha value is -2.56. The fraction of sp³-hybridized carbons (Fsp3) is 0.304. The van der Waals surface area contributed by atoms with Crippen LogP contribution < -0.4 is 10.1 Å². The molecule has 1 aliphatic rings. The maximum atomic E-state index is 6.05. The lowest BCUT2D eigenvalue weighted by molar-refractivity contribution is 0.215. The van der Waals surface area contributed by atoms with Gasteiger partial charge in [-0.2, -0.15) is 0 Å². The number of benzene rings is 2. The van der Waals surface area contributed by atoms with Crippen LogP contribution in [0.4, 0.5) is 0 Å². The summed E-state index contributed by atoms with van der Waals surface area (Å²) in [5.41, 5.74) is 2.38. The van der Waals surface area contributed by atoms with Crippen LogP contribution in [0.15, 0.2) is 77.4 Å². The van der Waals surface area contributed by atoms with Crippen molar-refractivity contribution in [2.24, 2.45) is 0 Å². The van der Waals surface area contributed by atoms with Gasteiger partial charge in [0, 0.05) is 19.6 Å². The quantitative estimate of drug-likeness (QED) is 0.712. The highest BCUT2D eigenvalue weighted by Gasteiger charge is 2.25. The van der Waals surface area contributed by atoms with Crippen molar-refractivity contribution in [2.75, 3.05) is 26.2 Å². The molecule has 1 saturated heterocycles. The molecule has 0 spiro atoms. The normalized spacial score (nSPS) is 16.6. The predicted octanol–water partition coefficient (Wildman–Crippen LogP) is 4.24. The highest BCUT2D eigenvalue weighted by atomic mass is 16.5. The molecule has 1 unspecified atom stereocenters. The summed E-state index contributed by atoms with van der Waals surface area (Å²) in [6.07, 6.45) is 2.90. The van der Waals surface area contributed by atoms with Gasteiger partial charge in [0.2, 0.25) is 0 Å². The molecule has 2 aromatic carbocycles. The van der Waals surface area contributed by atoms with Gasteiger partial charge in [0.25, 0.3) is 0 Å². The fourth-order valence-corrected chi connectivity index (χ4v) is 3.64. The first kappa shape index (κ1) is 17.8. The van der Waals surface area contributed by atoms with E-state index in [1.165, 1.54) is 11.1 Å². The van der Waals surface area contributed by atoms with Crippen LogP contribution in [0.2, 0.25) is 0 Å². The summed E-state index contributed by atoms with van der Waals surface area (Å²) in [5, 5.41) is 3.48. The van der Waals surface area contributed by atoms with Crippen molar-refractivity contribution in [3.63, 3.8) is 0 Å². The molecular formula is C23H26N2O2. The second-order valence-electron chi connectivity index (χ2n) is 6.90. The number of hydrogen-bond donors (Lipinski definition) is 1. The van der Waals surface area contributed by atoms with E-state index in [2.05, 4.69) is 46.6 Å². The summed E-state index contributed by atoms with van der Waals surface area (Å²) in [5.74, 6) is 1.87. The Labute approximate surface area is 160 Å². The Balaban J connectivity index is 1.56. The molecule has 0 amide bonds. The van der Waals surface area contributed by atoms with Gasteiger partial charge >= 0.3 is 0 Å². The zero-order valence-corrected chi connectivity index (χ0v) is 15.5. The number of hydrogen-bond acceptors (Lipinski definition) is 4. The van der Waals surface area contributed by atoms with Gasteiger partial charge in [0.05, 0.1) is 12.3 Å². The minimum Gasteiger partial charge on any atom is -0.489 e. The number of nitrogens with zero attached hydrogens (tertiary/aromatic N) is 1. The van der Waals surface area contributed by atoms with Crippen LogP contribution in [0.1, 0.15) is 29.3 Å². The number of furan rings is 1. The Morgan fingerprint density at radius 3 is 2.74 bits per heavy atom. The van der Waals surface area contributed by atoms with Gasteiger partial charge in [-0.05, 0) is 48.4 Å². The highest BCUT2D eigenvalue weighted by molar-refractivity contribution is 5.34. The molecule has 0 bridgehead atoms. The molecular weight excluding hydrogens is 336 g/mol. The molecule has 1 fully saturated rings. The lowest BCUT2D eigenvalue weighted by Gasteiger charge is -2.29. The molecule has 0 radical (unpaired) electrons. The molecule has 4 rings (SSSR count). The molecule has 4 heteroatoms. The summed E-state index contributed by atoms with van der Waals surface area (Å²) in [6, 6.07) is 22.8. The van der Waals surface area contributed by atoms with Crippen molar-refractivity contribution >= 4 is 0 Å². The van der Waals surface area contributed by atoms with Crippen molar-refractivity contribution in [1.82, 2.24) is 10.2 Å². The van der Waals surface area contributed by atoms with E-state index in [9.17, 15) is 0 Å². The minimum absolute atomic E-state index is 0.111. The Kier molecular flexibility index (Phi) is 5.87. The summed E-state index contributed by atoms with van der Waals surface area (Å²) < 4.78 is 11.9. The molecule has 1 aromatic heterocycles. The first-order valence-electron chi connectivity index (χ1n) is 9.65. The third-order valence-corrected chi connectivity index (χ3v) is 4.97. The van der Waals surface area contributed by atoms with Crippen LogP contribution in [0, 0.1) is 0 Å². The predicted molar refractivity (Wildman–Crippen MR) is 107 cm³/mol. The average molecular weight is 362 g/mol. The van der Waals surface area contributed by atoms with Gasteiger partial charge in [0.15, 0.2) is 0 Å². The van der Waals surface area contributed by atoms with Crippen molar-refractivity contribution in [3.05, 3.63) is 89.9 Å². The van der Waals surface area contributed by atoms with E-state index >= 15 is 0 Å². The molecule has 1 atom stereocenters. The smallest absolute Gasteiger partial charge is 0.125 e. The molecule has 1 N–H and O–H groups in total. The maximum Gasteiger partial charge on any atom is 0.125 e. The third kappa shape index (κ3) is 4.59. The first-order chi connectivity index (χ1) is 13.4. The van der Waals surface area contributed by atoms with E-state index in [4.69, 9.17) is 9.15 Å². The Bertz CT molecular complexity index is 809. The van der Waals surface area contributed by atoms with Crippen LogP contribution in [-0.4, -0.2) is 31.1 Å². The van der Waals surface area contributed by atoms with E-state index in [1.807, 2.05) is 30.3 Å². The molecule has 140 valence electrons. The summed E-state index contributed by atoms with van der Waals surface area (Å²) in [6.45, 7) is 4.69. The molecule has 3 aromatic rings. The second kappa shape index (κ2) is 8.89. The third-order valence-electron chi connectivity index (χ3n) is 4.97. The topological polar surface area (TPSA) is 37.6 Å². The van der Waals surface area contributed by atoms with Crippen molar-refractivity contribution in [2.45, 2.75) is 19.1 Å². The van der Waals surface area contributed by atoms with Crippen LogP contribution in [0.5, 0.6) is 5.75 Å². The lowest BCUT2D eigenvalue weighted by atomic mass is 10.0. The number of ether oxygens (including phenoxy) is 1. The van der Waals surface area contributed by atoms with E-state index in [-0.39, 0.29) is 6.04 Å². The molecule has 0 aliphatic carbocycles. The van der Waals surface area contributed by atoms with E-state index in [0.29, 0.717) is 6.61 Å². The van der Waals surface area contributed by atoms with Gasteiger partial charge in [-0.25, -0.2) is 0 Å². The lowest BCUT2D eigenvalue weighted by Crippen LogP contribution is -2.32. The van der Waals surface area contributed by atoms with Crippen LogP contribution in [0.25, 0.3) is 0 Å². The Morgan fingerprint density at radius 2 is 1.89 bits per heavy atom. The van der Waals surface area contributed by atoms with Gasteiger partial charge in [-0.1, -0.05) is 42.5 Å². The van der Waals surface area contributed by atoms with Gasteiger partial charge < -0.3 is 14.5 Å². The SMILES string of the molecule is c1ccc(COc2cccc(C(c3ccco3)N3CCCNCC3)c2)cc1. The Morgan fingerprint density at radius 1 is 0.963 bits per heavy atom. The van der Waals surface area contributed by atoms with E-state index in [1.54, 1.807) is 6.26 Å². The highest BCUT2D eigenvalue weighted by Crippen LogP contribution is 2.31. The van der Waals surface area contributed by atoms with Crippen molar-refractivity contribution in [1.29, 1.82) is 0 Å². The molecule has 0 saturated carbocycles. The van der Waals surface area contributed by atoms with Gasteiger partial charge in [-0.3, -0.25) is 4.90 Å². The number of rotatable bonds is 6. The monoisotopic (exact) mass is 362 g/mol. The van der Waals surface area contributed by atoms with Gasteiger partial charge in [0.1, 0.15) is 18.1 Å². The van der Waals surface area contributed by atoms with E-state index < -0.39 is 0 Å². The molecule has 27 heavy (non-hydrogen) atoms. The van der Waals surface area contributed by atoms with Crippen molar-refractivity contribution < 1.29 is 9.15 Å². The van der Waals surface area contributed by atoms with Gasteiger partial charge in [-0.15, -0.1) is 0 Å². The molecule has 2 heterocycles. The number of nitrogens with one attached hydrogen (secondary N) is 1. The maximum absolute atomic E-state index is 6.05. The first-order valence-corrected chi connectivity index (χ1v) is 9.65. The summed E-state index contributed by atoms with van der Waals surface area (Å²) in [4.78, 5) is 2.50. The van der Waals surface area contributed by atoms with Crippen LogP contribution in [0.3, 0.4) is 0 Å². The second-order valence-corrected chi connectivity index (χ2v) is 6.90. The van der Waals surface area contributed by atoms with Crippen LogP contribution >= 0.6 is 0 Å². The molecule has 1 aliphatic heterocycles. The van der Waals surface area contributed by atoms with Crippen LogP contribution in [-0.2, 0) is 6.61 Å². The standard InChI is InChI=1S/C23H26N2O2/c1-2-7-19(8-3-1)18-27-21-10-4-9-20(17-21)23(22-11-5-16-26-22)25-14-6-12-24-13-15-25/h1-5,7-11,16-17,23-24H,6,12-15,18H2. The minimum atomic E-state index is 0.111. The molecule has 4 nitrogen and oxygen atoms in total. The largest absolute Gasteiger partial charge is 0.489 e. The summed E-state index contributed by atoms with van der Waals surface area (Å²) in [7, 11) is 0. The zero-order chi connectivity index (χ0) is 18.3. The van der Waals surface area contributed by atoms with E-state index in [0.717, 1.165) is 44.1 Å². The zero-order valence-electron chi connectivity index (χ0n) is 15.5. The summed E-state index contributed by atoms with van der Waals surface area (Å²) >= 11 is 0. The fourth-order valence-electron chi connectivity index (χ4n) is 3.64.